The van der Waals surface area contributed by atoms with E-state index in [0.29, 0.717) is 0 Å². The maximum absolute atomic E-state index is 9.99. The van der Waals surface area contributed by atoms with Crippen LogP contribution in [0, 0.1) is 0 Å². The lowest BCUT2D eigenvalue weighted by Gasteiger charge is -2.07. The van der Waals surface area contributed by atoms with Crippen LogP contribution in [-0.4, -0.2) is 10.1 Å². The van der Waals surface area contributed by atoms with Crippen molar-refractivity contribution < 1.29 is 5.11 Å². The van der Waals surface area contributed by atoms with Crippen molar-refractivity contribution in [3.8, 4) is 28.3 Å². The monoisotopic (exact) mass is 325 g/mol. The van der Waals surface area contributed by atoms with Gasteiger partial charge in [-0.1, -0.05) is 52.3 Å². The average molecular weight is 326 g/mol. The number of aromatic nitrogens is 1. The van der Waals surface area contributed by atoms with Gasteiger partial charge in [-0.25, -0.2) is 4.98 Å². The second-order valence-corrected chi connectivity index (χ2v) is 5.35. The Morgan fingerprint density at radius 1 is 0.800 bits per heavy atom. The van der Waals surface area contributed by atoms with Crippen LogP contribution in [0.15, 0.2) is 71.2 Å². The number of benzene rings is 2. The van der Waals surface area contributed by atoms with E-state index in [1.165, 1.54) is 0 Å². The van der Waals surface area contributed by atoms with Gasteiger partial charge in [0.2, 0.25) is 0 Å². The third-order valence-electron chi connectivity index (χ3n) is 3.05. The molecule has 0 bridgehead atoms. The summed E-state index contributed by atoms with van der Waals surface area (Å²) in [5.74, 6) is 0.228. The molecule has 98 valence electrons. The highest BCUT2D eigenvalue weighted by atomic mass is 79.9. The first-order valence-electron chi connectivity index (χ1n) is 6.25. The highest BCUT2D eigenvalue weighted by molar-refractivity contribution is 9.10. The second-order valence-electron chi connectivity index (χ2n) is 4.44. The summed E-state index contributed by atoms with van der Waals surface area (Å²) in [5.41, 5.74) is 3.42. The predicted molar refractivity (Wildman–Crippen MR) is 84.5 cm³/mol. The normalized spacial score (nSPS) is 10.4. The number of nitrogens with zero attached hydrogens (tertiary/aromatic N) is 1. The number of hydrogen-bond acceptors (Lipinski definition) is 2. The van der Waals surface area contributed by atoms with Crippen LogP contribution in [0.4, 0.5) is 0 Å². The summed E-state index contributed by atoms with van der Waals surface area (Å²) in [6, 6.07) is 21.1. The van der Waals surface area contributed by atoms with Crippen LogP contribution in [0.5, 0.6) is 5.75 Å². The van der Waals surface area contributed by atoms with Gasteiger partial charge in [0, 0.05) is 15.6 Å². The minimum Gasteiger partial charge on any atom is -0.507 e. The van der Waals surface area contributed by atoms with E-state index in [2.05, 4.69) is 20.9 Å². The number of aromatic hydroxyl groups is 1. The van der Waals surface area contributed by atoms with Gasteiger partial charge >= 0.3 is 0 Å². The summed E-state index contributed by atoms with van der Waals surface area (Å²) in [5, 5.41) is 9.99. The SMILES string of the molecule is Oc1ccc(Br)cc1-c1cccc(-c2ccccc2)n1. The van der Waals surface area contributed by atoms with E-state index in [1.807, 2.05) is 54.6 Å². The summed E-state index contributed by atoms with van der Waals surface area (Å²) >= 11 is 3.42. The molecule has 0 aliphatic heterocycles. The summed E-state index contributed by atoms with van der Waals surface area (Å²) in [6.07, 6.45) is 0. The zero-order chi connectivity index (χ0) is 13.9. The number of phenolic OH excluding ortho intramolecular Hbond substituents is 1. The standard InChI is InChI=1S/C17H12BrNO/c18-13-9-10-17(20)14(11-13)16-8-4-7-15(19-16)12-5-2-1-3-6-12/h1-11,20H. The van der Waals surface area contributed by atoms with E-state index in [9.17, 15) is 5.11 Å². The Balaban J connectivity index is 2.10. The molecule has 1 aromatic heterocycles. The molecule has 20 heavy (non-hydrogen) atoms. The lowest BCUT2D eigenvalue weighted by molar-refractivity contribution is 0.477. The van der Waals surface area contributed by atoms with E-state index >= 15 is 0 Å². The molecule has 0 amide bonds. The number of pyridine rings is 1. The second kappa shape index (κ2) is 5.47. The first kappa shape index (κ1) is 12.9. The summed E-state index contributed by atoms with van der Waals surface area (Å²) < 4.78 is 0.914. The van der Waals surface area contributed by atoms with Gasteiger partial charge in [0.15, 0.2) is 0 Å². The van der Waals surface area contributed by atoms with E-state index in [-0.39, 0.29) is 5.75 Å². The fourth-order valence-corrected chi connectivity index (χ4v) is 2.43. The molecule has 3 heteroatoms. The van der Waals surface area contributed by atoms with Crippen molar-refractivity contribution >= 4 is 15.9 Å². The molecular weight excluding hydrogens is 314 g/mol. The van der Waals surface area contributed by atoms with Crippen molar-refractivity contribution in [3.63, 3.8) is 0 Å². The molecule has 0 saturated carbocycles. The van der Waals surface area contributed by atoms with Gasteiger partial charge in [0.25, 0.3) is 0 Å². The Hall–Kier alpha value is -2.13. The number of phenols is 1. The number of halogens is 1. The van der Waals surface area contributed by atoms with E-state index in [4.69, 9.17) is 0 Å². The molecule has 2 nitrogen and oxygen atoms in total. The number of hydrogen-bond donors (Lipinski definition) is 1. The van der Waals surface area contributed by atoms with E-state index in [1.54, 1.807) is 12.1 Å². The molecule has 1 N–H and O–H groups in total. The molecular formula is C17H12BrNO. The molecule has 0 radical (unpaired) electrons. The smallest absolute Gasteiger partial charge is 0.125 e. The Morgan fingerprint density at radius 3 is 2.35 bits per heavy atom. The van der Waals surface area contributed by atoms with Crippen LogP contribution in [0.25, 0.3) is 22.5 Å². The van der Waals surface area contributed by atoms with Crippen LogP contribution in [-0.2, 0) is 0 Å². The van der Waals surface area contributed by atoms with Gasteiger partial charge in [-0.15, -0.1) is 0 Å². The fourth-order valence-electron chi connectivity index (χ4n) is 2.07. The molecule has 0 fully saturated rings. The van der Waals surface area contributed by atoms with Crippen LogP contribution < -0.4 is 0 Å². The van der Waals surface area contributed by atoms with Crippen molar-refractivity contribution in [3.05, 3.63) is 71.2 Å². The van der Waals surface area contributed by atoms with Crippen LogP contribution in [0.2, 0.25) is 0 Å². The van der Waals surface area contributed by atoms with Gasteiger partial charge in [-0.2, -0.15) is 0 Å². The molecule has 0 saturated heterocycles. The molecule has 2 aromatic carbocycles. The highest BCUT2D eigenvalue weighted by Crippen LogP contribution is 2.31. The van der Waals surface area contributed by atoms with Gasteiger partial charge in [0.05, 0.1) is 11.4 Å². The minimum atomic E-state index is 0.228. The zero-order valence-corrected chi connectivity index (χ0v) is 12.2. The van der Waals surface area contributed by atoms with Gasteiger partial charge in [0.1, 0.15) is 5.75 Å². The first-order valence-corrected chi connectivity index (χ1v) is 7.05. The van der Waals surface area contributed by atoms with E-state index < -0.39 is 0 Å². The largest absolute Gasteiger partial charge is 0.507 e. The summed E-state index contributed by atoms with van der Waals surface area (Å²) in [6.45, 7) is 0. The van der Waals surface area contributed by atoms with Crippen LogP contribution in [0.1, 0.15) is 0 Å². The van der Waals surface area contributed by atoms with Crippen molar-refractivity contribution in [2.24, 2.45) is 0 Å². The number of rotatable bonds is 2. The maximum atomic E-state index is 9.99. The Bertz CT molecular complexity index is 741. The molecule has 0 atom stereocenters. The van der Waals surface area contributed by atoms with Gasteiger partial charge < -0.3 is 5.11 Å². The van der Waals surface area contributed by atoms with Crippen LogP contribution in [0.3, 0.4) is 0 Å². The van der Waals surface area contributed by atoms with Crippen molar-refractivity contribution in [2.45, 2.75) is 0 Å². The minimum absolute atomic E-state index is 0.228. The highest BCUT2D eigenvalue weighted by Gasteiger charge is 2.08. The Morgan fingerprint density at radius 2 is 1.55 bits per heavy atom. The summed E-state index contributed by atoms with van der Waals surface area (Å²) in [4.78, 5) is 4.63. The lowest BCUT2D eigenvalue weighted by atomic mass is 10.1. The fraction of sp³-hybridized carbons (Fsp3) is 0. The quantitative estimate of drug-likeness (QED) is 0.728. The molecule has 3 aromatic rings. The topological polar surface area (TPSA) is 33.1 Å². The van der Waals surface area contributed by atoms with Gasteiger partial charge in [-0.05, 0) is 30.3 Å². The molecule has 3 rings (SSSR count). The molecule has 0 spiro atoms. The van der Waals surface area contributed by atoms with Crippen LogP contribution >= 0.6 is 15.9 Å². The van der Waals surface area contributed by atoms with Crippen molar-refractivity contribution in [2.75, 3.05) is 0 Å². The third kappa shape index (κ3) is 2.58. The molecule has 0 unspecified atom stereocenters. The van der Waals surface area contributed by atoms with E-state index in [0.717, 1.165) is 27.0 Å². The lowest BCUT2D eigenvalue weighted by Crippen LogP contribution is -1.88. The maximum Gasteiger partial charge on any atom is 0.125 e. The molecule has 0 aliphatic rings. The van der Waals surface area contributed by atoms with Crippen molar-refractivity contribution in [1.82, 2.24) is 4.98 Å². The van der Waals surface area contributed by atoms with Crippen molar-refractivity contribution in [1.29, 1.82) is 0 Å². The third-order valence-corrected chi connectivity index (χ3v) is 3.55. The Labute approximate surface area is 125 Å². The molecule has 1 heterocycles. The Kier molecular flexibility index (Phi) is 3.52. The average Bonchev–Trinajstić information content (AvgIpc) is 2.51. The first-order chi connectivity index (χ1) is 9.74. The summed E-state index contributed by atoms with van der Waals surface area (Å²) in [7, 11) is 0. The zero-order valence-electron chi connectivity index (χ0n) is 10.6. The molecule has 0 aliphatic carbocycles. The predicted octanol–water partition coefficient (Wildman–Crippen LogP) is 4.88. The van der Waals surface area contributed by atoms with Gasteiger partial charge in [-0.3, -0.25) is 0 Å².